The molecular weight excluding hydrogens is 174 g/mol. The van der Waals surface area contributed by atoms with Gasteiger partial charge in [0.25, 0.3) is 0 Å². The highest BCUT2D eigenvalue weighted by atomic mass is 32.1. The maximum absolute atomic E-state index is 8.78. The van der Waals surface area contributed by atoms with Crippen LogP contribution in [0.3, 0.4) is 0 Å². The molecule has 0 aliphatic heterocycles. The second kappa shape index (κ2) is 3.84. The number of aliphatic hydroxyl groups is 1. The van der Waals surface area contributed by atoms with Gasteiger partial charge in [-0.3, -0.25) is 0 Å². The van der Waals surface area contributed by atoms with Crippen LogP contribution in [0, 0.1) is 0 Å². The fourth-order valence-electron chi connectivity index (χ4n) is 0.745. The zero-order valence-electron chi connectivity index (χ0n) is 7.19. The monoisotopic (exact) mass is 187 g/mol. The molecule has 68 valence electrons. The summed E-state index contributed by atoms with van der Waals surface area (Å²) in [5.74, 6) is 0. The minimum atomic E-state index is -0.295. The van der Waals surface area contributed by atoms with Crippen molar-refractivity contribution in [2.45, 2.75) is 6.04 Å². The first-order valence-electron chi connectivity index (χ1n) is 3.64. The van der Waals surface area contributed by atoms with E-state index in [1.807, 2.05) is 19.0 Å². The highest BCUT2D eigenvalue weighted by molar-refractivity contribution is 7.15. The van der Waals surface area contributed by atoms with Crippen molar-refractivity contribution < 1.29 is 5.11 Å². The van der Waals surface area contributed by atoms with Crippen LogP contribution in [0.2, 0.25) is 0 Å². The molecule has 1 heterocycles. The molecule has 0 aromatic carbocycles. The number of aromatic nitrogens is 1. The second-order valence-corrected chi connectivity index (χ2v) is 3.77. The Bertz CT molecular complexity index is 249. The Morgan fingerprint density at radius 2 is 2.42 bits per heavy atom. The van der Waals surface area contributed by atoms with Crippen molar-refractivity contribution in [2.24, 2.45) is 5.73 Å². The predicted molar refractivity (Wildman–Crippen MR) is 50.5 cm³/mol. The van der Waals surface area contributed by atoms with E-state index in [1.54, 1.807) is 6.20 Å². The summed E-state index contributed by atoms with van der Waals surface area (Å²) in [6.45, 7) is -0.0327. The Morgan fingerprint density at radius 3 is 2.83 bits per heavy atom. The number of hydrogen-bond donors (Lipinski definition) is 2. The number of hydrogen-bond acceptors (Lipinski definition) is 5. The van der Waals surface area contributed by atoms with Crippen molar-refractivity contribution in [1.29, 1.82) is 0 Å². The third-order valence-electron chi connectivity index (χ3n) is 1.46. The summed E-state index contributed by atoms with van der Waals surface area (Å²) < 4.78 is 0. The molecule has 0 saturated heterocycles. The average molecular weight is 187 g/mol. The van der Waals surface area contributed by atoms with E-state index in [4.69, 9.17) is 10.8 Å². The number of rotatable bonds is 3. The van der Waals surface area contributed by atoms with Crippen molar-refractivity contribution in [3.63, 3.8) is 0 Å². The summed E-state index contributed by atoms with van der Waals surface area (Å²) >= 11 is 1.50. The van der Waals surface area contributed by atoms with Crippen molar-refractivity contribution in [3.8, 4) is 0 Å². The lowest BCUT2D eigenvalue weighted by Gasteiger charge is -2.06. The summed E-state index contributed by atoms with van der Waals surface area (Å²) in [6, 6.07) is -0.295. The largest absolute Gasteiger partial charge is 0.394 e. The number of aliphatic hydroxyl groups excluding tert-OH is 1. The summed E-state index contributed by atoms with van der Waals surface area (Å²) in [7, 11) is 3.85. The number of nitrogens with zero attached hydrogens (tertiary/aromatic N) is 2. The number of nitrogens with two attached hydrogens (primary N) is 1. The first-order valence-corrected chi connectivity index (χ1v) is 4.46. The van der Waals surface area contributed by atoms with Crippen LogP contribution in [-0.4, -0.2) is 30.8 Å². The molecule has 0 aliphatic carbocycles. The van der Waals surface area contributed by atoms with Gasteiger partial charge in [0.05, 0.1) is 12.6 Å². The van der Waals surface area contributed by atoms with E-state index in [1.165, 1.54) is 11.3 Å². The lowest BCUT2D eigenvalue weighted by atomic mass is 10.3. The molecule has 1 aromatic rings. The van der Waals surface area contributed by atoms with E-state index in [-0.39, 0.29) is 12.6 Å². The van der Waals surface area contributed by atoms with Crippen molar-refractivity contribution in [1.82, 2.24) is 4.98 Å². The van der Waals surface area contributed by atoms with Gasteiger partial charge >= 0.3 is 0 Å². The Labute approximate surface area is 75.6 Å². The quantitative estimate of drug-likeness (QED) is 0.709. The minimum absolute atomic E-state index is 0.0327. The summed E-state index contributed by atoms with van der Waals surface area (Å²) in [5.41, 5.74) is 5.61. The molecule has 0 radical (unpaired) electrons. The maximum atomic E-state index is 8.78. The molecule has 0 saturated carbocycles. The molecule has 1 atom stereocenters. The van der Waals surface area contributed by atoms with Gasteiger partial charge in [-0.1, -0.05) is 0 Å². The molecule has 5 heteroatoms. The Morgan fingerprint density at radius 1 is 1.75 bits per heavy atom. The van der Waals surface area contributed by atoms with E-state index in [9.17, 15) is 0 Å². The molecule has 0 amide bonds. The van der Waals surface area contributed by atoms with Gasteiger partial charge in [0.15, 0.2) is 5.13 Å². The topological polar surface area (TPSA) is 62.4 Å². The Balaban J connectivity index is 2.77. The SMILES string of the molecule is CN(C)c1ncc([C@@H](N)CO)s1. The summed E-state index contributed by atoms with van der Waals surface area (Å²) in [5, 5.41) is 9.69. The minimum Gasteiger partial charge on any atom is -0.394 e. The van der Waals surface area contributed by atoms with Crippen molar-refractivity contribution >= 4 is 16.5 Å². The van der Waals surface area contributed by atoms with Crippen LogP contribution in [-0.2, 0) is 0 Å². The smallest absolute Gasteiger partial charge is 0.185 e. The molecule has 0 fully saturated rings. The standard InChI is InChI=1S/C7H13N3OS/c1-10(2)7-9-3-6(12-7)5(8)4-11/h3,5,11H,4,8H2,1-2H3/t5-/m0/s1. The third-order valence-corrected chi connectivity index (χ3v) is 2.75. The van der Waals surface area contributed by atoms with Gasteiger partial charge in [0.2, 0.25) is 0 Å². The van der Waals surface area contributed by atoms with Gasteiger partial charge in [-0.2, -0.15) is 0 Å². The average Bonchev–Trinajstić information content (AvgIpc) is 2.51. The van der Waals surface area contributed by atoms with E-state index < -0.39 is 0 Å². The van der Waals surface area contributed by atoms with Gasteiger partial charge in [-0.05, 0) is 0 Å². The van der Waals surface area contributed by atoms with E-state index >= 15 is 0 Å². The molecule has 1 rings (SSSR count). The fraction of sp³-hybridized carbons (Fsp3) is 0.571. The highest BCUT2D eigenvalue weighted by Crippen LogP contribution is 2.24. The molecule has 0 bridgehead atoms. The molecule has 0 spiro atoms. The van der Waals surface area contributed by atoms with Crippen LogP contribution >= 0.6 is 11.3 Å². The molecule has 12 heavy (non-hydrogen) atoms. The highest BCUT2D eigenvalue weighted by Gasteiger charge is 2.09. The van der Waals surface area contributed by atoms with Crippen molar-refractivity contribution in [2.75, 3.05) is 25.6 Å². The second-order valence-electron chi connectivity index (χ2n) is 2.73. The van der Waals surface area contributed by atoms with Crippen LogP contribution in [0.15, 0.2) is 6.20 Å². The lowest BCUT2D eigenvalue weighted by molar-refractivity contribution is 0.269. The van der Waals surface area contributed by atoms with Crippen LogP contribution < -0.4 is 10.6 Å². The van der Waals surface area contributed by atoms with Gasteiger partial charge in [0.1, 0.15) is 0 Å². The zero-order valence-corrected chi connectivity index (χ0v) is 8.01. The van der Waals surface area contributed by atoms with E-state index in [2.05, 4.69) is 4.98 Å². The van der Waals surface area contributed by atoms with Crippen LogP contribution in [0.25, 0.3) is 0 Å². The molecule has 0 aliphatic rings. The normalized spacial score (nSPS) is 13.0. The molecular formula is C7H13N3OS. The van der Waals surface area contributed by atoms with Crippen LogP contribution in [0.1, 0.15) is 10.9 Å². The number of anilines is 1. The van der Waals surface area contributed by atoms with E-state index in [0.717, 1.165) is 10.0 Å². The summed E-state index contributed by atoms with van der Waals surface area (Å²) in [6.07, 6.45) is 1.71. The summed E-state index contributed by atoms with van der Waals surface area (Å²) in [4.78, 5) is 6.97. The van der Waals surface area contributed by atoms with E-state index in [0.29, 0.717) is 0 Å². The third kappa shape index (κ3) is 1.94. The fourth-order valence-corrected chi connectivity index (χ4v) is 1.58. The Hall–Kier alpha value is -0.650. The van der Waals surface area contributed by atoms with Crippen LogP contribution in [0.4, 0.5) is 5.13 Å². The number of thiazole rings is 1. The maximum Gasteiger partial charge on any atom is 0.185 e. The molecule has 1 aromatic heterocycles. The first kappa shape index (κ1) is 9.44. The van der Waals surface area contributed by atoms with Gasteiger partial charge < -0.3 is 15.7 Å². The van der Waals surface area contributed by atoms with Gasteiger partial charge in [-0.15, -0.1) is 11.3 Å². The van der Waals surface area contributed by atoms with Crippen molar-refractivity contribution in [3.05, 3.63) is 11.1 Å². The Kier molecular flexibility index (Phi) is 3.02. The predicted octanol–water partition coefficient (Wildman–Crippen LogP) is 0.201. The molecule has 0 unspecified atom stereocenters. The zero-order chi connectivity index (χ0) is 9.14. The van der Waals surface area contributed by atoms with Gasteiger partial charge in [-0.25, -0.2) is 4.98 Å². The molecule has 4 nitrogen and oxygen atoms in total. The van der Waals surface area contributed by atoms with Crippen LogP contribution in [0.5, 0.6) is 0 Å². The lowest BCUT2D eigenvalue weighted by Crippen LogP contribution is -2.12. The first-order chi connectivity index (χ1) is 5.65. The molecule has 3 N–H and O–H groups in total. The van der Waals surface area contributed by atoms with Gasteiger partial charge in [0, 0.05) is 25.2 Å².